The lowest BCUT2D eigenvalue weighted by Gasteiger charge is -1.95. The summed E-state index contributed by atoms with van der Waals surface area (Å²) in [6, 6.07) is 0. The zero-order chi connectivity index (χ0) is 11.5. The smallest absolute Gasteiger partial charge is 0.251 e. The van der Waals surface area contributed by atoms with Crippen molar-refractivity contribution in [3.8, 4) is 0 Å². The van der Waals surface area contributed by atoms with E-state index in [1.165, 1.54) is 19.3 Å². The van der Waals surface area contributed by atoms with E-state index in [4.69, 9.17) is 11.6 Å². The first-order chi connectivity index (χ1) is 6.92. The first-order valence-electron chi connectivity index (χ1n) is 3.83. The van der Waals surface area contributed by atoms with Gasteiger partial charge in [0.05, 0.1) is 17.4 Å². The normalized spacial score (nSPS) is 11.9. The van der Waals surface area contributed by atoms with Crippen molar-refractivity contribution in [1.29, 1.82) is 0 Å². The van der Waals surface area contributed by atoms with Gasteiger partial charge in [-0.2, -0.15) is 0 Å². The third-order valence-electron chi connectivity index (χ3n) is 1.33. The Bertz CT molecular complexity index is 493. The second-order valence-corrected chi connectivity index (χ2v) is 4.81. The molecule has 0 spiro atoms. The van der Waals surface area contributed by atoms with Crippen LogP contribution in [0.2, 0.25) is 5.02 Å². The highest BCUT2D eigenvalue weighted by molar-refractivity contribution is 7.94. The number of rotatable bonds is 3. The molecule has 0 aromatic carbocycles. The zero-order valence-corrected chi connectivity index (χ0v) is 9.29. The van der Waals surface area contributed by atoms with Crippen molar-refractivity contribution in [3.05, 3.63) is 28.9 Å². The topological polar surface area (TPSA) is 77.0 Å². The van der Waals surface area contributed by atoms with Gasteiger partial charge in [0.1, 0.15) is 0 Å². The van der Waals surface area contributed by atoms with Gasteiger partial charge in [0, 0.05) is 5.41 Å². The van der Waals surface area contributed by atoms with Gasteiger partial charge in [-0.3, -0.25) is 4.79 Å². The maximum absolute atomic E-state index is 11.4. The van der Waals surface area contributed by atoms with Crippen molar-refractivity contribution in [2.24, 2.45) is 0 Å². The molecule has 0 amide bonds. The van der Waals surface area contributed by atoms with Gasteiger partial charge in [-0.15, -0.1) is 0 Å². The largest absolute Gasteiger partial charge is 0.295 e. The van der Waals surface area contributed by atoms with Crippen molar-refractivity contribution < 1.29 is 13.2 Å². The molecule has 5 nitrogen and oxygen atoms in total. The van der Waals surface area contributed by atoms with Gasteiger partial charge in [-0.1, -0.05) is 11.6 Å². The summed E-state index contributed by atoms with van der Waals surface area (Å²) in [4.78, 5) is 17.6. The Kier molecular flexibility index (Phi) is 3.54. The summed E-state index contributed by atoms with van der Waals surface area (Å²) >= 11 is 5.50. The lowest BCUT2D eigenvalue weighted by atomic mass is 10.5. The van der Waals surface area contributed by atoms with Crippen LogP contribution in [0.4, 0.5) is 0 Å². The van der Waals surface area contributed by atoms with E-state index < -0.39 is 9.84 Å². The molecule has 0 atom stereocenters. The molecule has 1 rings (SSSR count). The summed E-state index contributed by atoms with van der Waals surface area (Å²) in [6.45, 7) is 1.24. The molecule has 0 aliphatic carbocycles. The standard InChI is InChI=1S/C8H7ClN2O3S/c1-6(12)2-3-15(13,14)8-10-4-7(9)5-11-8/h2-5H,1H3/b3-2+. The molecule has 0 bridgehead atoms. The summed E-state index contributed by atoms with van der Waals surface area (Å²) in [7, 11) is -3.75. The average molecular weight is 247 g/mol. The minimum Gasteiger partial charge on any atom is -0.295 e. The minimum atomic E-state index is -3.75. The van der Waals surface area contributed by atoms with E-state index in [9.17, 15) is 13.2 Å². The first-order valence-corrected chi connectivity index (χ1v) is 5.75. The van der Waals surface area contributed by atoms with Crippen LogP contribution in [0.1, 0.15) is 6.92 Å². The Hall–Kier alpha value is -1.27. The molecule has 0 fully saturated rings. The molecular weight excluding hydrogens is 240 g/mol. The monoisotopic (exact) mass is 246 g/mol. The fourth-order valence-electron chi connectivity index (χ4n) is 0.694. The summed E-state index contributed by atoms with van der Waals surface area (Å²) in [5.74, 6) is -0.368. The number of sulfone groups is 1. The van der Waals surface area contributed by atoms with E-state index in [0.29, 0.717) is 0 Å². The van der Waals surface area contributed by atoms with Gasteiger partial charge >= 0.3 is 0 Å². The van der Waals surface area contributed by atoms with Crippen molar-refractivity contribution in [2.45, 2.75) is 12.1 Å². The number of nitrogens with zero attached hydrogens (tertiary/aromatic N) is 2. The van der Waals surface area contributed by atoms with Gasteiger partial charge in [0.15, 0.2) is 5.78 Å². The molecule has 1 heterocycles. The molecule has 0 N–H and O–H groups in total. The predicted octanol–water partition coefficient (Wildman–Crippen LogP) is 1.01. The van der Waals surface area contributed by atoms with E-state index in [1.54, 1.807) is 0 Å². The average Bonchev–Trinajstić information content (AvgIpc) is 2.16. The van der Waals surface area contributed by atoms with Crippen LogP contribution in [0.25, 0.3) is 0 Å². The fraction of sp³-hybridized carbons (Fsp3) is 0.125. The maximum atomic E-state index is 11.4. The van der Waals surface area contributed by atoms with E-state index in [1.807, 2.05) is 0 Å². The Morgan fingerprint density at radius 3 is 2.40 bits per heavy atom. The number of hydrogen-bond donors (Lipinski definition) is 0. The number of carbonyl (C=O) groups excluding carboxylic acids is 1. The summed E-state index contributed by atoms with van der Waals surface area (Å²) in [5.41, 5.74) is 0. The fourth-order valence-corrected chi connectivity index (χ4v) is 1.68. The second kappa shape index (κ2) is 4.50. The van der Waals surface area contributed by atoms with Crippen LogP contribution in [0.3, 0.4) is 0 Å². The Morgan fingerprint density at radius 1 is 1.40 bits per heavy atom. The van der Waals surface area contributed by atoms with Crippen molar-refractivity contribution >= 4 is 27.2 Å². The van der Waals surface area contributed by atoms with Gasteiger partial charge in [0.2, 0.25) is 9.84 Å². The van der Waals surface area contributed by atoms with E-state index in [-0.39, 0.29) is 16.0 Å². The lowest BCUT2D eigenvalue weighted by Crippen LogP contribution is -2.03. The third kappa shape index (κ3) is 3.41. The quantitative estimate of drug-likeness (QED) is 0.588. The highest BCUT2D eigenvalue weighted by Gasteiger charge is 2.13. The molecule has 0 saturated heterocycles. The van der Waals surface area contributed by atoms with Gasteiger partial charge in [0.25, 0.3) is 5.16 Å². The van der Waals surface area contributed by atoms with Gasteiger partial charge in [-0.25, -0.2) is 18.4 Å². The SMILES string of the molecule is CC(=O)/C=C/S(=O)(=O)c1ncc(Cl)cn1. The molecule has 1 aromatic heterocycles. The molecule has 0 aliphatic heterocycles. The summed E-state index contributed by atoms with van der Waals surface area (Å²) in [5, 5.41) is 0.618. The van der Waals surface area contributed by atoms with Crippen LogP contribution in [0.5, 0.6) is 0 Å². The van der Waals surface area contributed by atoms with Crippen LogP contribution in [0.15, 0.2) is 29.0 Å². The number of halogens is 1. The van der Waals surface area contributed by atoms with Crippen molar-refractivity contribution in [1.82, 2.24) is 9.97 Å². The number of hydrogen-bond acceptors (Lipinski definition) is 5. The van der Waals surface area contributed by atoms with Crippen LogP contribution in [-0.4, -0.2) is 24.2 Å². The maximum Gasteiger partial charge on any atom is 0.251 e. The predicted molar refractivity (Wildman–Crippen MR) is 54.0 cm³/mol. The Labute approximate surface area is 91.7 Å². The minimum absolute atomic E-state index is 0.240. The summed E-state index contributed by atoms with van der Waals surface area (Å²) in [6.07, 6.45) is 3.28. The van der Waals surface area contributed by atoms with Crippen LogP contribution in [-0.2, 0) is 14.6 Å². The molecule has 0 radical (unpaired) electrons. The Balaban J connectivity index is 3.07. The van der Waals surface area contributed by atoms with E-state index >= 15 is 0 Å². The molecule has 0 saturated carbocycles. The van der Waals surface area contributed by atoms with Crippen LogP contribution < -0.4 is 0 Å². The van der Waals surface area contributed by atoms with Crippen molar-refractivity contribution in [2.75, 3.05) is 0 Å². The first kappa shape index (κ1) is 11.8. The summed E-state index contributed by atoms with van der Waals surface area (Å²) < 4.78 is 22.9. The van der Waals surface area contributed by atoms with E-state index in [0.717, 1.165) is 11.5 Å². The van der Waals surface area contributed by atoms with Crippen LogP contribution >= 0.6 is 11.6 Å². The number of carbonyl (C=O) groups is 1. The number of aromatic nitrogens is 2. The lowest BCUT2D eigenvalue weighted by molar-refractivity contribution is -0.112. The zero-order valence-electron chi connectivity index (χ0n) is 7.71. The molecule has 0 unspecified atom stereocenters. The molecular formula is C8H7ClN2O3S. The second-order valence-electron chi connectivity index (χ2n) is 2.64. The molecule has 1 aromatic rings. The molecule has 7 heteroatoms. The number of ketones is 1. The molecule has 15 heavy (non-hydrogen) atoms. The third-order valence-corrected chi connectivity index (χ3v) is 2.74. The van der Waals surface area contributed by atoms with Gasteiger partial charge < -0.3 is 0 Å². The molecule has 0 aliphatic rings. The number of allylic oxidation sites excluding steroid dienone is 1. The highest BCUT2D eigenvalue weighted by atomic mass is 35.5. The Morgan fingerprint density at radius 2 is 1.93 bits per heavy atom. The molecule has 80 valence electrons. The van der Waals surface area contributed by atoms with Crippen molar-refractivity contribution in [3.63, 3.8) is 0 Å². The van der Waals surface area contributed by atoms with Gasteiger partial charge in [-0.05, 0) is 13.0 Å². The van der Waals surface area contributed by atoms with E-state index in [2.05, 4.69) is 9.97 Å². The van der Waals surface area contributed by atoms with Crippen LogP contribution in [0, 0.1) is 0 Å². The highest BCUT2D eigenvalue weighted by Crippen LogP contribution is 2.09.